The molecule has 0 spiro atoms. The van der Waals surface area contributed by atoms with Crippen LogP contribution in [0.2, 0.25) is 5.02 Å². The number of dihydropyridines is 1. The second kappa shape index (κ2) is 8.54. The number of carbonyl (C=O) groups excluding carboxylic acids is 2. The van der Waals surface area contributed by atoms with Gasteiger partial charge in [-0.2, -0.15) is 0 Å². The first-order valence-electron chi connectivity index (χ1n) is 7.72. The molecule has 25 heavy (non-hydrogen) atoms. The molecule has 5 nitrogen and oxygen atoms in total. The number of ether oxygens (including phenoxy) is 2. The summed E-state index contributed by atoms with van der Waals surface area (Å²) in [6, 6.07) is 7.11. The van der Waals surface area contributed by atoms with Crippen molar-refractivity contribution in [2.24, 2.45) is 0 Å². The lowest BCUT2D eigenvalue weighted by Crippen LogP contribution is -2.33. The Labute approximate surface area is 160 Å². The highest BCUT2D eigenvalue weighted by Crippen LogP contribution is 2.42. The molecule has 0 bridgehead atoms. The maximum Gasteiger partial charge on any atom is 0.336 e. The summed E-state index contributed by atoms with van der Waals surface area (Å²) in [6.45, 7) is 3.72. The number of hydrogen-bond donors (Lipinski definition) is 1. The van der Waals surface area contributed by atoms with Crippen molar-refractivity contribution >= 4 is 39.5 Å². The number of benzene rings is 1. The molecule has 1 unspecified atom stereocenters. The van der Waals surface area contributed by atoms with Crippen LogP contribution in [0, 0.1) is 0 Å². The Hall–Kier alpha value is -1.79. The smallest absolute Gasteiger partial charge is 0.336 e. The molecule has 0 aromatic heterocycles. The number of halogens is 2. The van der Waals surface area contributed by atoms with Crippen molar-refractivity contribution in [3.63, 3.8) is 0 Å². The number of methoxy groups -OCH3 is 1. The van der Waals surface area contributed by atoms with E-state index in [4.69, 9.17) is 21.1 Å². The Morgan fingerprint density at radius 3 is 2.48 bits per heavy atom. The van der Waals surface area contributed by atoms with E-state index in [1.54, 1.807) is 32.0 Å². The predicted octanol–water partition coefficient (Wildman–Crippen LogP) is 3.69. The number of esters is 2. The third-order valence-electron chi connectivity index (χ3n) is 3.90. The van der Waals surface area contributed by atoms with E-state index in [1.807, 2.05) is 6.07 Å². The summed E-state index contributed by atoms with van der Waals surface area (Å²) in [5.74, 6) is -1.69. The zero-order valence-corrected chi connectivity index (χ0v) is 16.5. The largest absolute Gasteiger partial charge is 0.466 e. The number of carbonyl (C=O) groups is 2. The SMILES string of the molecule is CCOC(=O)C1=C(CBr)NC(C)=C(C(=O)OC)C1c1ccccc1Cl. The van der Waals surface area contributed by atoms with E-state index >= 15 is 0 Å². The molecular weight excluding hydrogens is 410 g/mol. The van der Waals surface area contributed by atoms with Crippen molar-refractivity contribution in [1.82, 2.24) is 5.32 Å². The van der Waals surface area contributed by atoms with Crippen LogP contribution in [0.3, 0.4) is 0 Å². The minimum absolute atomic E-state index is 0.226. The standard InChI is InChI=1S/C18H19BrClNO4/c1-4-25-18(23)16-13(9-19)21-10(2)14(17(22)24-3)15(16)11-7-5-6-8-12(11)20/h5-8,15,21H,4,9H2,1-3H3. The Morgan fingerprint density at radius 1 is 1.24 bits per heavy atom. The topological polar surface area (TPSA) is 64.6 Å². The summed E-state index contributed by atoms with van der Waals surface area (Å²) in [6.07, 6.45) is 0. The molecule has 0 saturated carbocycles. The third-order valence-corrected chi connectivity index (χ3v) is 4.80. The fourth-order valence-electron chi connectivity index (χ4n) is 2.85. The summed E-state index contributed by atoms with van der Waals surface area (Å²) in [5.41, 5.74) is 2.57. The molecule has 1 aliphatic heterocycles. The van der Waals surface area contributed by atoms with Crippen LogP contribution in [0.15, 0.2) is 46.8 Å². The van der Waals surface area contributed by atoms with E-state index in [1.165, 1.54) is 7.11 Å². The lowest BCUT2D eigenvalue weighted by molar-refractivity contribution is -0.139. The van der Waals surface area contributed by atoms with E-state index in [0.717, 1.165) is 0 Å². The van der Waals surface area contributed by atoms with Crippen molar-refractivity contribution in [3.05, 3.63) is 57.4 Å². The molecule has 0 saturated heterocycles. The molecule has 7 heteroatoms. The number of rotatable bonds is 5. The first kappa shape index (κ1) is 19.5. The second-order valence-corrected chi connectivity index (χ2v) is 6.32. The minimum Gasteiger partial charge on any atom is -0.466 e. The van der Waals surface area contributed by atoms with Gasteiger partial charge < -0.3 is 14.8 Å². The van der Waals surface area contributed by atoms with E-state index in [0.29, 0.717) is 38.5 Å². The van der Waals surface area contributed by atoms with Crippen molar-refractivity contribution in [2.45, 2.75) is 19.8 Å². The fraction of sp³-hybridized carbons (Fsp3) is 0.333. The van der Waals surface area contributed by atoms with E-state index in [-0.39, 0.29) is 6.61 Å². The highest BCUT2D eigenvalue weighted by molar-refractivity contribution is 9.09. The molecular formula is C18H19BrClNO4. The monoisotopic (exact) mass is 427 g/mol. The Morgan fingerprint density at radius 2 is 1.92 bits per heavy atom. The molecule has 0 fully saturated rings. The Kier molecular flexibility index (Phi) is 6.67. The molecule has 2 rings (SSSR count). The average Bonchev–Trinajstić information content (AvgIpc) is 2.60. The molecule has 0 radical (unpaired) electrons. The summed E-state index contributed by atoms with van der Waals surface area (Å²) < 4.78 is 10.2. The lowest BCUT2D eigenvalue weighted by atomic mass is 9.80. The van der Waals surface area contributed by atoms with Crippen LogP contribution in [0.1, 0.15) is 25.3 Å². The highest BCUT2D eigenvalue weighted by Gasteiger charge is 2.39. The van der Waals surface area contributed by atoms with Crippen LogP contribution in [0.5, 0.6) is 0 Å². The number of hydrogen-bond acceptors (Lipinski definition) is 5. The quantitative estimate of drug-likeness (QED) is 0.572. The van der Waals surface area contributed by atoms with Gasteiger partial charge in [-0.1, -0.05) is 45.7 Å². The first-order valence-corrected chi connectivity index (χ1v) is 9.22. The van der Waals surface area contributed by atoms with Gasteiger partial charge in [0.05, 0.1) is 30.8 Å². The second-order valence-electron chi connectivity index (χ2n) is 5.36. The van der Waals surface area contributed by atoms with Crippen LogP contribution in [0.4, 0.5) is 0 Å². The van der Waals surface area contributed by atoms with Gasteiger partial charge >= 0.3 is 11.9 Å². The molecule has 134 valence electrons. The zero-order chi connectivity index (χ0) is 18.6. The van der Waals surface area contributed by atoms with Crippen molar-refractivity contribution in [2.75, 3.05) is 19.0 Å². The first-order chi connectivity index (χ1) is 12.0. The van der Waals surface area contributed by atoms with Gasteiger partial charge in [-0.05, 0) is 25.5 Å². The highest BCUT2D eigenvalue weighted by atomic mass is 79.9. The van der Waals surface area contributed by atoms with E-state index < -0.39 is 17.9 Å². The predicted molar refractivity (Wildman–Crippen MR) is 99.5 cm³/mol. The molecule has 0 aliphatic carbocycles. The molecule has 1 aromatic carbocycles. The maximum atomic E-state index is 12.7. The van der Waals surface area contributed by atoms with Gasteiger partial charge in [-0.25, -0.2) is 9.59 Å². The van der Waals surface area contributed by atoms with Crippen LogP contribution in [-0.4, -0.2) is 31.0 Å². The van der Waals surface area contributed by atoms with Crippen LogP contribution >= 0.6 is 27.5 Å². The van der Waals surface area contributed by atoms with Gasteiger partial charge in [0, 0.05) is 21.7 Å². The molecule has 1 aliphatic rings. The summed E-state index contributed by atoms with van der Waals surface area (Å²) in [5, 5.41) is 3.96. The van der Waals surface area contributed by atoms with Crippen molar-refractivity contribution in [3.8, 4) is 0 Å². The van der Waals surface area contributed by atoms with Gasteiger partial charge in [0.15, 0.2) is 0 Å². The molecule has 0 amide bonds. The van der Waals surface area contributed by atoms with Gasteiger partial charge in [-0.3, -0.25) is 0 Å². The minimum atomic E-state index is -0.672. The number of allylic oxidation sites excluding steroid dienone is 2. The van der Waals surface area contributed by atoms with Gasteiger partial charge in [0.2, 0.25) is 0 Å². The molecule has 1 N–H and O–H groups in total. The lowest BCUT2D eigenvalue weighted by Gasteiger charge is -2.31. The molecule has 1 heterocycles. The maximum absolute atomic E-state index is 12.7. The number of nitrogens with one attached hydrogen (secondary N) is 1. The normalized spacial score (nSPS) is 17.2. The van der Waals surface area contributed by atoms with Crippen LogP contribution < -0.4 is 5.32 Å². The summed E-state index contributed by atoms with van der Waals surface area (Å²) in [4.78, 5) is 25.1. The molecule has 1 atom stereocenters. The van der Waals surface area contributed by atoms with Crippen molar-refractivity contribution in [1.29, 1.82) is 0 Å². The zero-order valence-electron chi connectivity index (χ0n) is 14.2. The molecule has 1 aromatic rings. The van der Waals surface area contributed by atoms with Crippen LogP contribution in [0.25, 0.3) is 0 Å². The van der Waals surface area contributed by atoms with Gasteiger partial charge in [-0.15, -0.1) is 0 Å². The van der Waals surface area contributed by atoms with Gasteiger partial charge in [0.25, 0.3) is 0 Å². The summed E-state index contributed by atoms with van der Waals surface area (Å²) in [7, 11) is 1.31. The van der Waals surface area contributed by atoms with Crippen LogP contribution in [-0.2, 0) is 19.1 Å². The Balaban J connectivity index is 2.73. The average molecular weight is 429 g/mol. The van der Waals surface area contributed by atoms with Crippen molar-refractivity contribution < 1.29 is 19.1 Å². The van der Waals surface area contributed by atoms with E-state index in [2.05, 4.69) is 21.2 Å². The fourth-order valence-corrected chi connectivity index (χ4v) is 3.54. The van der Waals surface area contributed by atoms with Gasteiger partial charge in [0.1, 0.15) is 0 Å². The summed E-state index contributed by atoms with van der Waals surface area (Å²) >= 11 is 9.77. The number of alkyl halides is 1. The third kappa shape index (κ3) is 3.90. The Bertz CT molecular complexity index is 757. The van der Waals surface area contributed by atoms with E-state index in [9.17, 15) is 9.59 Å².